The van der Waals surface area contributed by atoms with Crippen LogP contribution in [0.2, 0.25) is 5.02 Å². The molecule has 1 rings (SSSR count). The predicted octanol–water partition coefficient (Wildman–Crippen LogP) is 1.92. The highest BCUT2D eigenvalue weighted by Crippen LogP contribution is 2.16. The first kappa shape index (κ1) is 12.2. The lowest BCUT2D eigenvalue weighted by molar-refractivity contribution is 0.508. The fourth-order valence-electron chi connectivity index (χ4n) is 1.36. The summed E-state index contributed by atoms with van der Waals surface area (Å²) in [4.78, 5) is 7.83. The quantitative estimate of drug-likeness (QED) is 0.808. The SMILES string of the molecule is CC(C)CC(N)CNc1ncncc1Cl. The third-order valence-electron chi connectivity index (χ3n) is 1.97. The minimum atomic E-state index is 0.121. The van der Waals surface area contributed by atoms with E-state index >= 15 is 0 Å². The lowest BCUT2D eigenvalue weighted by Gasteiger charge is -2.15. The van der Waals surface area contributed by atoms with Gasteiger partial charge in [0.1, 0.15) is 17.2 Å². The second kappa shape index (κ2) is 5.88. The predicted molar refractivity (Wildman–Crippen MR) is 63.0 cm³/mol. The minimum absolute atomic E-state index is 0.121. The Morgan fingerprint density at radius 3 is 2.87 bits per heavy atom. The van der Waals surface area contributed by atoms with Crippen molar-refractivity contribution in [2.45, 2.75) is 26.3 Å². The average Bonchev–Trinajstić information content (AvgIpc) is 2.15. The highest BCUT2D eigenvalue weighted by Gasteiger charge is 2.06. The molecule has 0 radical (unpaired) electrons. The maximum Gasteiger partial charge on any atom is 0.148 e. The zero-order chi connectivity index (χ0) is 11.3. The van der Waals surface area contributed by atoms with Crippen LogP contribution in [0.4, 0.5) is 5.82 Å². The Morgan fingerprint density at radius 1 is 1.53 bits per heavy atom. The van der Waals surface area contributed by atoms with Gasteiger partial charge in [0, 0.05) is 12.6 Å². The summed E-state index contributed by atoms with van der Waals surface area (Å²) in [6, 6.07) is 0.121. The molecule has 0 aliphatic rings. The van der Waals surface area contributed by atoms with E-state index in [2.05, 4.69) is 29.1 Å². The second-order valence-corrected chi connectivity index (χ2v) is 4.40. The molecule has 5 heteroatoms. The van der Waals surface area contributed by atoms with Crippen LogP contribution >= 0.6 is 11.6 Å². The molecule has 15 heavy (non-hydrogen) atoms. The van der Waals surface area contributed by atoms with Crippen molar-refractivity contribution < 1.29 is 0 Å². The molecule has 1 aromatic rings. The monoisotopic (exact) mass is 228 g/mol. The summed E-state index contributed by atoms with van der Waals surface area (Å²) in [5.41, 5.74) is 5.92. The van der Waals surface area contributed by atoms with Gasteiger partial charge < -0.3 is 11.1 Å². The van der Waals surface area contributed by atoms with Crippen LogP contribution in [0.25, 0.3) is 0 Å². The first-order valence-corrected chi connectivity index (χ1v) is 5.42. The Bertz CT molecular complexity index is 303. The molecule has 0 saturated heterocycles. The number of aromatic nitrogens is 2. The first-order chi connectivity index (χ1) is 7.09. The van der Waals surface area contributed by atoms with E-state index < -0.39 is 0 Å². The zero-order valence-electron chi connectivity index (χ0n) is 9.07. The summed E-state index contributed by atoms with van der Waals surface area (Å²) in [5.74, 6) is 1.24. The molecule has 0 bridgehead atoms. The molecule has 0 amide bonds. The fourth-order valence-corrected chi connectivity index (χ4v) is 1.53. The van der Waals surface area contributed by atoms with Gasteiger partial charge in [0.2, 0.25) is 0 Å². The summed E-state index contributed by atoms with van der Waals surface area (Å²) in [7, 11) is 0. The van der Waals surface area contributed by atoms with Crippen molar-refractivity contribution in [3.8, 4) is 0 Å². The van der Waals surface area contributed by atoms with Crippen LogP contribution in [0.5, 0.6) is 0 Å². The zero-order valence-corrected chi connectivity index (χ0v) is 9.83. The Morgan fingerprint density at radius 2 is 2.27 bits per heavy atom. The molecule has 3 N–H and O–H groups in total. The second-order valence-electron chi connectivity index (χ2n) is 3.99. The number of nitrogens with two attached hydrogens (primary N) is 1. The van der Waals surface area contributed by atoms with E-state index in [0.29, 0.717) is 23.3 Å². The van der Waals surface area contributed by atoms with Crippen LogP contribution < -0.4 is 11.1 Å². The van der Waals surface area contributed by atoms with Crippen molar-refractivity contribution >= 4 is 17.4 Å². The lowest BCUT2D eigenvalue weighted by atomic mass is 10.0. The number of rotatable bonds is 5. The first-order valence-electron chi connectivity index (χ1n) is 5.04. The van der Waals surface area contributed by atoms with E-state index in [9.17, 15) is 0 Å². The van der Waals surface area contributed by atoms with Crippen molar-refractivity contribution in [1.82, 2.24) is 9.97 Å². The topological polar surface area (TPSA) is 63.8 Å². The van der Waals surface area contributed by atoms with E-state index in [-0.39, 0.29) is 6.04 Å². The highest BCUT2D eigenvalue weighted by molar-refractivity contribution is 6.32. The molecule has 0 spiro atoms. The summed E-state index contributed by atoms with van der Waals surface area (Å²) in [6.07, 6.45) is 4.00. The average molecular weight is 229 g/mol. The molecule has 0 fully saturated rings. The van der Waals surface area contributed by atoms with Crippen molar-refractivity contribution in [1.29, 1.82) is 0 Å². The number of hydrogen-bond donors (Lipinski definition) is 2. The van der Waals surface area contributed by atoms with Gasteiger partial charge in [0.25, 0.3) is 0 Å². The van der Waals surface area contributed by atoms with Crippen LogP contribution in [-0.4, -0.2) is 22.6 Å². The summed E-state index contributed by atoms with van der Waals surface area (Å²) >= 11 is 5.89. The van der Waals surface area contributed by atoms with Crippen molar-refractivity contribution in [3.05, 3.63) is 17.5 Å². The number of hydrogen-bond acceptors (Lipinski definition) is 4. The molecule has 0 saturated carbocycles. The van der Waals surface area contributed by atoms with Crippen LogP contribution in [0.3, 0.4) is 0 Å². The molecule has 1 heterocycles. The molecular weight excluding hydrogens is 212 g/mol. The van der Waals surface area contributed by atoms with Gasteiger partial charge in [-0.2, -0.15) is 0 Å². The standard InChI is InChI=1S/C10H17ClN4/c1-7(2)3-8(12)4-14-10-9(11)5-13-6-15-10/h5-8H,3-4,12H2,1-2H3,(H,13,14,15). The maximum atomic E-state index is 5.92. The van der Waals surface area contributed by atoms with E-state index in [1.807, 2.05) is 0 Å². The Labute approximate surface area is 95.3 Å². The van der Waals surface area contributed by atoms with Gasteiger partial charge in [-0.25, -0.2) is 9.97 Å². The van der Waals surface area contributed by atoms with E-state index in [1.165, 1.54) is 6.33 Å². The normalized spacial score (nSPS) is 12.9. The Balaban J connectivity index is 2.40. The number of halogens is 1. The molecule has 1 atom stereocenters. The Hall–Kier alpha value is -0.870. The Kier molecular flexibility index (Phi) is 4.78. The molecule has 1 aromatic heterocycles. The molecule has 0 aromatic carbocycles. The number of nitrogens with one attached hydrogen (secondary N) is 1. The van der Waals surface area contributed by atoms with Gasteiger partial charge in [-0.05, 0) is 12.3 Å². The fraction of sp³-hybridized carbons (Fsp3) is 0.600. The van der Waals surface area contributed by atoms with Gasteiger partial charge in [0.15, 0.2) is 0 Å². The number of nitrogens with zero attached hydrogens (tertiary/aromatic N) is 2. The lowest BCUT2D eigenvalue weighted by Crippen LogP contribution is -2.30. The molecule has 84 valence electrons. The van der Waals surface area contributed by atoms with Gasteiger partial charge >= 0.3 is 0 Å². The van der Waals surface area contributed by atoms with Gasteiger partial charge in [-0.15, -0.1) is 0 Å². The van der Waals surface area contributed by atoms with E-state index in [4.69, 9.17) is 17.3 Å². The van der Waals surface area contributed by atoms with Crippen molar-refractivity contribution in [2.24, 2.45) is 11.7 Å². The summed E-state index contributed by atoms with van der Waals surface area (Å²) in [6.45, 7) is 4.98. The van der Waals surface area contributed by atoms with Crippen LogP contribution in [0, 0.1) is 5.92 Å². The van der Waals surface area contributed by atoms with E-state index in [0.717, 1.165) is 6.42 Å². The third kappa shape index (κ3) is 4.44. The van der Waals surface area contributed by atoms with Crippen molar-refractivity contribution in [2.75, 3.05) is 11.9 Å². The van der Waals surface area contributed by atoms with Gasteiger partial charge in [-0.3, -0.25) is 0 Å². The van der Waals surface area contributed by atoms with Crippen LogP contribution in [0.15, 0.2) is 12.5 Å². The van der Waals surface area contributed by atoms with E-state index in [1.54, 1.807) is 6.20 Å². The van der Waals surface area contributed by atoms with Crippen LogP contribution in [0.1, 0.15) is 20.3 Å². The van der Waals surface area contributed by atoms with Crippen LogP contribution in [-0.2, 0) is 0 Å². The minimum Gasteiger partial charge on any atom is -0.367 e. The smallest absolute Gasteiger partial charge is 0.148 e. The van der Waals surface area contributed by atoms with Crippen molar-refractivity contribution in [3.63, 3.8) is 0 Å². The largest absolute Gasteiger partial charge is 0.367 e. The molecule has 1 unspecified atom stereocenters. The highest BCUT2D eigenvalue weighted by atomic mass is 35.5. The molecule has 0 aliphatic heterocycles. The summed E-state index contributed by atoms with van der Waals surface area (Å²) < 4.78 is 0. The van der Waals surface area contributed by atoms with Gasteiger partial charge in [-0.1, -0.05) is 25.4 Å². The van der Waals surface area contributed by atoms with Gasteiger partial charge in [0.05, 0.1) is 6.20 Å². The number of anilines is 1. The molecule has 4 nitrogen and oxygen atoms in total. The molecule has 0 aliphatic carbocycles. The maximum absolute atomic E-state index is 5.92. The third-order valence-corrected chi connectivity index (χ3v) is 2.25. The summed E-state index contributed by atoms with van der Waals surface area (Å²) in [5, 5.41) is 3.63. The molecular formula is C10H17ClN4.